The van der Waals surface area contributed by atoms with Crippen LogP contribution in [0.5, 0.6) is 0 Å². The first-order valence-corrected chi connectivity index (χ1v) is 6.64. The van der Waals surface area contributed by atoms with Gasteiger partial charge >= 0.3 is 0 Å². The lowest BCUT2D eigenvalue weighted by Gasteiger charge is -2.13. The van der Waals surface area contributed by atoms with E-state index in [1.165, 1.54) is 19.1 Å². The summed E-state index contributed by atoms with van der Waals surface area (Å²) in [5, 5.41) is 4.88. The third-order valence-electron chi connectivity index (χ3n) is 2.57. The van der Waals surface area contributed by atoms with Crippen LogP contribution >= 0.6 is 0 Å². The van der Waals surface area contributed by atoms with Crippen molar-refractivity contribution in [1.29, 1.82) is 0 Å². The van der Waals surface area contributed by atoms with E-state index in [9.17, 15) is 17.6 Å². The van der Waals surface area contributed by atoms with Crippen LogP contribution in [0.15, 0.2) is 23.1 Å². The number of sulfonamides is 1. The van der Waals surface area contributed by atoms with Gasteiger partial charge in [0.15, 0.2) is 0 Å². The molecule has 1 rings (SSSR count). The molecule has 94 valence electrons. The molecule has 0 bridgehead atoms. The number of rotatable bonds is 4. The highest BCUT2D eigenvalue weighted by molar-refractivity contribution is 7.89. The molecule has 0 radical (unpaired) electrons. The number of halogens is 1. The molecule has 2 N–H and O–H groups in total. The molecule has 0 aliphatic heterocycles. The van der Waals surface area contributed by atoms with Gasteiger partial charge in [-0.2, -0.15) is 0 Å². The molecule has 0 aliphatic carbocycles. The van der Waals surface area contributed by atoms with Crippen molar-refractivity contribution in [3.8, 4) is 0 Å². The normalized spacial score (nSPS) is 13.4. The average molecular weight is 259 g/mol. The SMILES string of the molecule is CCC(C(C)=O)c1ccc(S(N)(=O)=O)cc1F. The van der Waals surface area contributed by atoms with E-state index in [0.717, 1.165) is 6.07 Å². The summed E-state index contributed by atoms with van der Waals surface area (Å²) >= 11 is 0. The summed E-state index contributed by atoms with van der Waals surface area (Å²) in [4.78, 5) is 11.0. The maximum Gasteiger partial charge on any atom is 0.238 e. The van der Waals surface area contributed by atoms with Crippen LogP contribution in [0.2, 0.25) is 0 Å². The van der Waals surface area contributed by atoms with Crippen LogP contribution in [0.4, 0.5) is 4.39 Å². The number of carbonyl (C=O) groups is 1. The molecule has 0 saturated heterocycles. The molecular weight excluding hydrogens is 245 g/mol. The smallest absolute Gasteiger partial charge is 0.238 e. The number of primary sulfonamides is 1. The van der Waals surface area contributed by atoms with Gasteiger partial charge in [0.2, 0.25) is 10.0 Å². The number of nitrogens with two attached hydrogens (primary N) is 1. The average Bonchev–Trinajstić information content (AvgIpc) is 2.19. The summed E-state index contributed by atoms with van der Waals surface area (Å²) in [6.07, 6.45) is 0.459. The largest absolute Gasteiger partial charge is 0.299 e. The summed E-state index contributed by atoms with van der Waals surface area (Å²) < 4.78 is 35.7. The van der Waals surface area contributed by atoms with E-state index in [1.807, 2.05) is 0 Å². The topological polar surface area (TPSA) is 77.2 Å². The van der Waals surface area contributed by atoms with Crippen molar-refractivity contribution >= 4 is 15.8 Å². The Morgan fingerprint density at radius 1 is 1.47 bits per heavy atom. The van der Waals surface area contributed by atoms with Crippen molar-refractivity contribution in [2.24, 2.45) is 5.14 Å². The minimum atomic E-state index is -3.92. The molecular formula is C11H14FNO3S. The van der Waals surface area contributed by atoms with Gasteiger partial charge in [-0.25, -0.2) is 17.9 Å². The minimum absolute atomic E-state index is 0.158. The van der Waals surface area contributed by atoms with Crippen molar-refractivity contribution in [3.05, 3.63) is 29.6 Å². The van der Waals surface area contributed by atoms with Gasteiger partial charge in [0, 0.05) is 5.92 Å². The highest BCUT2D eigenvalue weighted by Crippen LogP contribution is 2.25. The molecule has 1 unspecified atom stereocenters. The molecule has 1 aromatic carbocycles. The Kier molecular flexibility index (Phi) is 4.00. The predicted molar refractivity (Wildman–Crippen MR) is 61.5 cm³/mol. The number of carbonyl (C=O) groups excluding carboxylic acids is 1. The molecule has 6 heteroatoms. The first-order valence-electron chi connectivity index (χ1n) is 5.10. The third-order valence-corrected chi connectivity index (χ3v) is 3.49. The van der Waals surface area contributed by atoms with E-state index < -0.39 is 21.8 Å². The second kappa shape index (κ2) is 4.93. The molecule has 1 atom stereocenters. The Balaban J connectivity index is 3.27. The zero-order valence-corrected chi connectivity index (χ0v) is 10.4. The van der Waals surface area contributed by atoms with Crippen LogP contribution in [-0.2, 0) is 14.8 Å². The Bertz CT molecular complexity index is 540. The number of benzene rings is 1. The Morgan fingerprint density at radius 3 is 2.41 bits per heavy atom. The van der Waals surface area contributed by atoms with Crippen LogP contribution in [0, 0.1) is 5.82 Å². The minimum Gasteiger partial charge on any atom is -0.299 e. The standard InChI is InChI=1S/C11H14FNO3S/c1-3-9(7(2)14)10-5-4-8(6-11(10)12)17(13,15)16/h4-6,9H,3H2,1-2H3,(H2,13,15,16). The van der Waals surface area contributed by atoms with Crippen molar-refractivity contribution in [1.82, 2.24) is 0 Å². The summed E-state index contributed by atoms with van der Waals surface area (Å²) in [5.74, 6) is -1.43. The molecule has 4 nitrogen and oxygen atoms in total. The lowest BCUT2D eigenvalue weighted by Crippen LogP contribution is -2.14. The van der Waals surface area contributed by atoms with Gasteiger partial charge in [-0.1, -0.05) is 13.0 Å². The van der Waals surface area contributed by atoms with Crippen LogP contribution < -0.4 is 5.14 Å². The fraction of sp³-hybridized carbons (Fsp3) is 0.364. The predicted octanol–water partition coefficient (Wildman–Crippen LogP) is 1.56. The molecule has 0 fully saturated rings. The zero-order chi connectivity index (χ0) is 13.2. The second-order valence-corrected chi connectivity index (χ2v) is 5.36. The van der Waals surface area contributed by atoms with E-state index >= 15 is 0 Å². The molecule has 0 heterocycles. The highest BCUT2D eigenvalue weighted by atomic mass is 32.2. The van der Waals surface area contributed by atoms with Crippen LogP contribution in [0.1, 0.15) is 31.7 Å². The monoisotopic (exact) mass is 259 g/mol. The lowest BCUT2D eigenvalue weighted by molar-refractivity contribution is -0.118. The van der Waals surface area contributed by atoms with E-state index in [0.29, 0.717) is 6.42 Å². The molecule has 0 aliphatic rings. The summed E-state index contributed by atoms with van der Waals surface area (Å²) in [5.41, 5.74) is 0.201. The summed E-state index contributed by atoms with van der Waals surface area (Å²) in [6, 6.07) is 3.35. The molecule has 0 saturated carbocycles. The van der Waals surface area contributed by atoms with Gasteiger partial charge in [-0.3, -0.25) is 4.79 Å². The van der Waals surface area contributed by atoms with E-state index in [2.05, 4.69) is 0 Å². The van der Waals surface area contributed by atoms with Crippen molar-refractivity contribution in [2.45, 2.75) is 31.1 Å². The quantitative estimate of drug-likeness (QED) is 0.891. The van der Waals surface area contributed by atoms with E-state index in [4.69, 9.17) is 5.14 Å². The van der Waals surface area contributed by atoms with Crippen LogP contribution in [-0.4, -0.2) is 14.2 Å². The number of hydrogen-bond donors (Lipinski definition) is 1. The van der Waals surface area contributed by atoms with Crippen molar-refractivity contribution < 1.29 is 17.6 Å². The molecule has 17 heavy (non-hydrogen) atoms. The molecule has 1 aromatic rings. The van der Waals surface area contributed by atoms with Crippen molar-refractivity contribution in [2.75, 3.05) is 0 Å². The van der Waals surface area contributed by atoms with E-state index in [1.54, 1.807) is 6.92 Å². The van der Waals surface area contributed by atoms with Gasteiger partial charge in [0.25, 0.3) is 0 Å². The van der Waals surface area contributed by atoms with Gasteiger partial charge in [-0.05, 0) is 31.0 Å². The Morgan fingerprint density at radius 2 is 2.06 bits per heavy atom. The highest BCUT2D eigenvalue weighted by Gasteiger charge is 2.20. The molecule has 0 aromatic heterocycles. The number of hydrogen-bond acceptors (Lipinski definition) is 3. The van der Waals surface area contributed by atoms with Gasteiger partial charge in [0.1, 0.15) is 11.6 Å². The summed E-state index contributed by atoms with van der Waals surface area (Å²) in [7, 11) is -3.92. The third kappa shape index (κ3) is 3.10. The Hall–Kier alpha value is -1.27. The molecule has 0 amide bonds. The maximum absolute atomic E-state index is 13.7. The first kappa shape index (κ1) is 13.8. The van der Waals surface area contributed by atoms with Gasteiger partial charge < -0.3 is 0 Å². The maximum atomic E-state index is 13.7. The molecule has 0 spiro atoms. The fourth-order valence-electron chi connectivity index (χ4n) is 1.69. The lowest BCUT2D eigenvalue weighted by atomic mass is 9.93. The van der Waals surface area contributed by atoms with Crippen LogP contribution in [0.25, 0.3) is 0 Å². The van der Waals surface area contributed by atoms with Crippen LogP contribution in [0.3, 0.4) is 0 Å². The van der Waals surface area contributed by atoms with Gasteiger partial charge in [0.05, 0.1) is 4.90 Å². The second-order valence-electron chi connectivity index (χ2n) is 3.80. The zero-order valence-electron chi connectivity index (χ0n) is 9.60. The van der Waals surface area contributed by atoms with Crippen molar-refractivity contribution in [3.63, 3.8) is 0 Å². The summed E-state index contributed by atoms with van der Waals surface area (Å²) in [6.45, 7) is 3.14. The first-order chi connectivity index (χ1) is 7.77. The number of ketones is 1. The Labute approximate surface area is 99.7 Å². The van der Waals surface area contributed by atoms with Gasteiger partial charge in [-0.15, -0.1) is 0 Å². The van der Waals surface area contributed by atoms with E-state index in [-0.39, 0.29) is 16.2 Å². The fourth-order valence-corrected chi connectivity index (χ4v) is 2.22. The number of Topliss-reactive ketones (excluding diaryl/α,β-unsaturated/α-hetero) is 1.